The third kappa shape index (κ3) is 7.70. The molecule has 1 atom stereocenters. The number of carbonyl (C=O) groups is 2. The summed E-state index contributed by atoms with van der Waals surface area (Å²) in [5.41, 5.74) is 2.12. The Morgan fingerprint density at radius 3 is 1.95 bits per heavy atom. The van der Waals surface area contributed by atoms with Gasteiger partial charge in [0.25, 0.3) is 5.91 Å². The third-order valence-corrected chi connectivity index (χ3v) is 7.15. The summed E-state index contributed by atoms with van der Waals surface area (Å²) in [6.07, 6.45) is 1.67. The van der Waals surface area contributed by atoms with Crippen molar-refractivity contribution in [2.45, 2.75) is 38.6 Å². The van der Waals surface area contributed by atoms with Crippen LogP contribution in [0.3, 0.4) is 0 Å². The van der Waals surface area contributed by atoms with Crippen molar-refractivity contribution in [1.82, 2.24) is 10.3 Å². The number of carboxylic acid groups (broad SMARTS) is 1. The normalized spacial score (nSPS) is 12.0. The summed E-state index contributed by atoms with van der Waals surface area (Å²) in [6, 6.07) is 28.0. The number of carboxylic acids is 1. The van der Waals surface area contributed by atoms with Crippen molar-refractivity contribution < 1.29 is 24.2 Å². The van der Waals surface area contributed by atoms with Gasteiger partial charge in [-0.1, -0.05) is 62.7 Å². The number of nitrogens with zero attached hydrogens (tertiary/aromatic N) is 1. The number of hydrogen-bond acceptors (Lipinski definition) is 5. The van der Waals surface area contributed by atoms with E-state index in [0.29, 0.717) is 22.3 Å². The summed E-state index contributed by atoms with van der Waals surface area (Å²) in [7, 11) is 0. The van der Waals surface area contributed by atoms with Crippen LogP contribution < -0.4 is 14.8 Å². The Hall–Kier alpha value is -4.88. The van der Waals surface area contributed by atoms with Gasteiger partial charge in [-0.15, -0.1) is 0 Å². The summed E-state index contributed by atoms with van der Waals surface area (Å²) < 4.78 is 11.8. The Labute approximate surface area is 255 Å². The maximum atomic E-state index is 13.0. The molecule has 7 nitrogen and oxygen atoms in total. The molecule has 1 aromatic heterocycles. The number of halogens is 1. The fourth-order valence-electron chi connectivity index (χ4n) is 4.47. The summed E-state index contributed by atoms with van der Waals surface area (Å²) in [4.78, 5) is 29.3. The SMILES string of the molecule is CC(C)(C)c1ccc(Oc2ccc3cc(C(=O)N[C@@H](Cc4ccc(Oc5ccc(Cl)cc5)cc4)C(=O)O)ncc3c2)cc1. The summed E-state index contributed by atoms with van der Waals surface area (Å²) in [5, 5.41) is 14.6. The number of pyridine rings is 1. The van der Waals surface area contributed by atoms with E-state index >= 15 is 0 Å². The molecule has 4 aromatic carbocycles. The van der Waals surface area contributed by atoms with Crippen LogP contribution in [0, 0.1) is 0 Å². The monoisotopic (exact) mass is 594 g/mol. The van der Waals surface area contributed by atoms with Crippen LogP contribution in [0.5, 0.6) is 23.0 Å². The van der Waals surface area contributed by atoms with Crippen LogP contribution in [-0.4, -0.2) is 28.0 Å². The van der Waals surface area contributed by atoms with Crippen LogP contribution in [-0.2, 0) is 16.6 Å². The van der Waals surface area contributed by atoms with Crippen LogP contribution in [0.1, 0.15) is 42.4 Å². The molecule has 5 rings (SSSR count). The minimum Gasteiger partial charge on any atom is -0.480 e. The number of ether oxygens (including phenoxy) is 2. The maximum absolute atomic E-state index is 13.0. The molecule has 0 aliphatic rings. The average Bonchev–Trinajstić information content (AvgIpc) is 2.98. The lowest BCUT2D eigenvalue weighted by Crippen LogP contribution is -2.42. The molecule has 5 aromatic rings. The maximum Gasteiger partial charge on any atom is 0.326 e. The molecular formula is C35H31ClN2O5. The van der Waals surface area contributed by atoms with Crippen molar-refractivity contribution in [3.8, 4) is 23.0 Å². The van der Waals surface area contributed by atoms with Crippen LogP contribution in [0.2, 0.25) is 5.02 Å². The molecule has 0 spiro atoms. The van der Waals surface area contributed by atoms with E-state index in [1.165, 1.54) is 5.56 Å². The molecule has 0 radical (unpaired) electrons. The zero-order chi connectivity index (χ0) is 30.6. The molecule has 0 unspecified atom stereocenters. The van der Waals surface area contributed by atoms with Gasteiger partial charge in [-0.05, 0) is 88.7 Å². The van der Waals surface area contributed by atoms with E-state index in [1.807, 2.05) is 30.3 Å². The fraction of sp³-hybridized carbons (Fsp3) is 0.171. The van der Waals surface area contributed by atoms with E-state index in [1.54, 1.807) is 60.8 Å². The molecule has 2 N–H and O–H groups in total. The summed E-state index contributed by atoms with van der Waals surface area (Å²) in [5.74, 6) is 0.870. The van der Waals surface area contributed by atoms with Gasteiger partial charge in [0.2, 0.25) is 0 Å². The Morgan fingerprint density at radius 1 is 0.791 bits per heavy atom. The first-order valence-electron chi connectivity index (χ1n) is 13.8. The molecule has 1 heterocycles. The smallest absolute Gasteiger partial charge is 0.326 e. The first-order valence-corrected chi connectivity index (χ1v) is 14.2. The van der Waals surface area contributed by atoms with Crippen LogP contribution in [0.15, 0.2) is 103 Å². The number of aromatic nitrogens is 1. The molecule has 0 saturated carbocycles. The molecule has 0 aliphatic heterocycles. The van der Waals surface area contributed by atoms with Crippen molar-refractivity contribution in [3.63, 3.8) is 0 Å². The van der Waals surface area contributed by atoms with Gasteiger partial charge in [0.1, 0.15) is 34.7 Å². The van der Waals surface area contributed by atoms with Gasteiger partial charge in [0.05, 0.1) is 0 Å². The van der Waals surface area contributed by atoms with Gasteiger partial charge < -0.3 is 19.9 Å². The third-order valence-electron chi connectivity index (χ3n) is 6.90. The Kier molecular flexibility index (Phi) is 8.64. The lowest BCUT2D eigenvalue weighted by atomic mass is 9.87. The van der Waals surface area contributed by atoms with Gasteiger partial charge in [0, 0.05) is 23.0 Å². The summed E-state index contributed by atoms with van der Waals surface area (Å²) >= 11 is 5.91. The Bertz CT molecular complexity index is 1750. The lowest BCUT2D eigenvalue weighted by molar-refractivity contribution is -0.139. The second-order valence-corrected chi connectivity index (χ2v) is 11.7. The molecule has 0 bridgehead atoms. The van der Waals surface area contributed by atoms with Gasteiger partial charge >= 0.3 is 5.97 Å². The van der Waals surface area contributed by atoms with Crippen LogP contribution in [0.4, 0.5) is 0 Å². The highest BCUT2D eigenvalue weighted by molar-refractivity contribution is 6.30. The number of amides is 1. The van der Waals surface area contributed by atoms with Crippen molar-refractivity contribution in [1.29, 1.82) is 0 Å². The minimum atomic E-state index is -1.15. The molecule has 0 aliphatic carbocycles. The quantitative estimate of drug-likeness (QED) is 0.178. The van der Waals surface area contributed by atoms with Crippen molar-refractivity contribution in [2.24, 2.45) is 0 Å². The molecular weight excluding hydrogens is 564 g/mol. The average molecular weight is 595 g/mol. The van der Waals surface area contributed by atoms with Crippen LogP contribution >= 0.6 is 11.6 Å². The highest BCUT2D eigenvalue weighted by Gasteiger charge is 2.22. The first kappa shape index (κ1) is 29.6. The highest BCUT2D eigenvalue weighted by atomic mass is 35.5. The van der Waals surface area contributed by atoms with E-state index < -0.39 is 17.9 Å². The molecule has 8 heteroatoms. The van der Waals surface area contributed by atoms with Crippen molar-refractivity contribution in [3.05, 3.63) is 125 Å². The van der Waals surface area contributed by atoms with E-state index in [0.717, 1.165) is 22.1 Å². The fourth-order valence-corrected chi connectivity index (χ4v) is 4.59. The number of nitrogens with one attached hydrogen (secondary N) is 1. The standard InChI is InChI=1S/C35H31ClN2O5/c1-35(2,3)25-7-14-28(15-8-25)43-30-13-6-23-20-31(37-21-24(23)19-30)33(39)38-32(34(40)41)18-22-4-11-27(12-5-22)42-29-16-9-26(36)10-17-29/h4-17,19-21,32H,18H2,1-3H3,(H,38,39)(H,40,41)/t32-/m0/s1. The number of carbonyl (C=O) groups excluding carboxylic acids is 1. The predicted octanol–water partition coefficient (Wildman–Crippen LogP) is 8.20. The Morgan fingerprint density at radius 2 is 1.35 bits per heavy atom. The van der Waals surface area contributed by atoms with Gasteiger partial charge in [-0.25, -0.2) is 4.79 Å². The zero-order valence-corrected chi connectivity index (χ0v) is 24.8. The van der Waals surface area contributed by atoms with Gasteiger partial charge in [-0.3, -0.25) is 9.78 Å². The second kappa shape index (κ2) is 12.5. The van der Waals surface area contributed by atoms with Crippen LogP contribution in [0.25, 0.3) is 10.8 Å². The molecule has 218 valence electrons. The number of hydrogen-bond donors (Lipinski definition) is 2. The number of fused-ring (bicyclic) bond motifs is 1. The molecule has 0 fully saturated rings. The summed E-state index contributed by atoms with van der Waals surface area (Å²) in [6.45, 7) is 6.48. The second-order valence-electron chi connectivity index (χ2n) is 11.2. The van der Waals surface area contributed by atoms with E-state index in [-0.39, 0.29) is 17.5 Å². The predicted molar refractivity (Wildman–Crippen MR) is 168 cm³/mol. The first-order chi connectivity index (χ1) is 20.5. The molecule has 43 heavy (non-hydrogen) atoms. The highest BCUT2D eigenvalue weighted by Crippen LogP contribution is 2.29. The van der Waals surface area contributed by atoms with E-state index in [9.17, 15) is 14.7 Å². The van der Waals surface area contributed by atoms with E-state index in [2.05, 4.69) is 43.2 Å². The zero-order valence-electron chi connectivity index (χ0n) is 24.0. The topological polar surface area (TPSA) is 97.8 Å². The van der Waals surface area contributed by atoms with Gasteiger partial charge in [-0.2, -0.15) is 0 Å². The van der Waals surface area contributed by atoms with E-state index in [4.69, 9.17) is 21.1 Å². The Balaban J connectivity index is 1.22. The minimum absolute atomic E-state index is 0.0571. The van der Waals surface area contributed by atoms with Gasteiger partial charge in [0.15, 0.2) is 0 Å². The number of aliphatic carboxylic acids is 1. The molecule has 0 saturated heterocycles. The number of rotatable bonds is 9. The number of benzene rings is 4. The largest absolute Gasteiger partial charge is 0.480 e. The van der Waals surface area contributed by atoms with Crippen molar-refractivity contribution >= 4 is 34.2 Å². The lowest BCUT2D eigenvalue weighted by Gasteiger charge is -2.19. The van der Waals surface area contributed by atoms with Crippen molar-refractivity contribution in [2.75, 3.05) is 0 Å². The molecule has 1 amide bonds.